The lowest BCUT2D eigenvalue weighted by atomic mass is 10.0. The summed E-state index contributed by atoms with van der Waals surface area (Å²) in [4.78, 5) is 10.6. The Labute approximate surface area is 75.3 Å². The highest BCUT2D eigenvalue weighted by Gasteiger charge is 2.10. The topological polar surface area (TPSA) is 37.3 Å². The molecule has 1 rings (SSSR count). The number of aromatic carboxylic acids is 1. The Bertz CT molecular complexity index is 369. The van der Waals surface area contributed by atoms with Gasteiger partial charge in [-0.2, -0.15) is 0 Å². The maximum Gasteiger partial charge on any atom is 0.336 e. The van der Waals surface area contributed by atoms with Crippen LogP contribution in [-0.2, 0) is 0 Å². The number of carboxylic acids is 1. The smallest absolute Gasteiger partial charge is 0.336 e. The van der Waals surface area contributed by atoms with Crippen molar-refractivity contribution in [3.63, 3.8) is 0 Å². The molecule has 0 aromatic heterocycles. The van der Waals surface area contributed by atoms with E-state index in [9.17, 15) is 9.18 Å². The highest BCUT2D eigenvalue weighted by atomic mass is 19.1. The second-order valence-electron chi connectivity index (χ2n) is 2.70. The van der Waals surface area contributed by atoms with E-state index in [1.165, 1.54) is 12.1 Å². The Morgan fingerprint density at radius 1 is 1.62 bits per heavy atom. The molecule has 0 atom stereocenters. The predicted molar refractivity (Wildman–Crippen MR) is 48.2 cm³/mol. The quantitative estimate of drug-likeness (QED) is 0.759. The molecule has 0 radical (unpaired) electrons. The summed E-state index contributed by atoms with van der Waals surface area (Å²) in [6, 6.07) is 2.47. The fourth-order valence-corrected chi connectivity index (χ4v) is 1.06. The van der Waals surface area contributed by atoms with Crippen LogP contribution in [0.15, 0.2) is 18.7 Å². The van der Waals surface area contributed by atoms with E-state index in [-0.39, 0.29) is 5.56 Å². The minimum atomic E-state index is -1.14. The van der Waals surface area contributed by atoms with Crippen LogP contribution in [0.2, 0.25) is 0 Å². The summed E-state index contributed by atoms with van der Waals surface area (Å²) in [5.74, 6) is -1.66. The van der Waals surface area contributed by atoms with Gasteiger partial charge in [-0.25, -0.2) is 9.18 Å². The largest absolute Gasteiger partial charge is 0.478 e. The van der Waals surface area contributed by atoms with Gasteiger partial charge in [0.25, 0.3) is 0 Å². The van der Waals surface area contributed by atoms with Gasteiger partial charge in [0, 0.05) is 0 Å². The van der Waals surface area contributed by atoms with Crippen molar-refractivity contribution in [3.05, 3.63) is 41.2 Å². The summed E-state index contributed by atoms with van der Waals surface area (Å²) in [6.07, 6.45) is 1.40. The van der Waals surface area contributed by atoms with Crippen molar-refractivity contribution in [2.45, 2.75) is 6.92 Å². The predicted octanol–water partition coefficient (Wildman–Crippen LogP) is 2.48. The van der Waals surface area contributed by atoms with Crippen LogP contribution in [0.3, 0.4) is 0 Å². The van der Waals surface area contributed by atoms with E-state index in [0.29, 0.717) is 11.1 Å². The number of carbonyl (C=O) groups is 1. The second-order valence-corrected chi connectivity index (χ2v) is 2.70. The van der Waals surface area contributed by atoms with Gasteiger partial charge in [-0.05, 0) is 30.2 Å². The maximum absolute atomic E-state index is 13.0. The first kappa shape index (κ1) is 9.45. The van der Waals surface area contributed by atoms with Crippen LogP contribution >= 0.6 is 0 Å². The maximum atomic E-state index is 13.0. The lowest BCUT2D eigenvalue weighted by Crippen LogP contribution is -2.01. The van der Waals surface area contributed by atoms with Gasteiger partial charge in [-0.1, -0.05) is 12.7 Å². The highest BCUT2D eigenvalue weighted by Crippen LogP contribution is 2.16. The molecule has 0 saturated heterocycles. The average molecular weight is 180 g/mol. The molecule has 0 bridgehead atoms. The third-order valence-electron chi connectivity index (χ3n) is 1.78. The molecule has 1 aromatic rings. The monoisotopic (exact) mass is 180 g/mol. The van der Waals surface area contributed by atoms with E-state index in [1.807, 2.05) is 0 Å². The normalized spacial score (nSPS) is 9.69. The van der Waals surface area contributed by atoms with Crippen molar-refractivity contribution >= 4 is 12.0 Å². The van der Waals surface area contributed by atoms with E-state index in [4.69, 9.17) is 5.11 Å². The Morgan fingerprint density at radius 3 is 2.69 bits per heavy atom. The summed E-state index contributed by atoms with van der Waals surface area (Å²) < 4.78 is 13.0. The van der Waals surface area contributed by atoms with Crippen LogP contribution in [0.4, 0.5) is 4.39 Å². The van der Waals surface area contributed by atoms with Crippen molar-refractivity contribution in [1.29, 1.82) is 0 Å². The molecule has 2 nitrogen and oxygen atoms in total. The van der Waals surface area contributed by atoms with Crippen LogP contribution in [0.5, 0.6) is 0 Å². The standard InChI is InChI=1S/C10H9FO2/c1-3-7-4-6(2)9(11)5-8(7)10(12)13/h3-5H,1H2,2H3,(H,12,13). The van der Waals surface area contributed by atoms with Crippen LogP contribution in [0.1, 0.15) is 21.5 Å². The lowest BCUT2D eigenvalue weighted by Gasteiger charge is -2.03. The average Bonchev–Trinajstić information content (AvgIpc) is 2.08. The summed E-state index contributed by atoms with van der Waals surface area (Å²) in [5.41, 5.74) is 0.796. The van der Waals surface area contributed by atoms with E-state index in [1.54, 1.807) is 6.92 Å². The number of benzene rings is 1. The lowest BCUT2D eigenvalue weighted by molar-refractivity contribution is 0.0696. The molecular formula is C10H9FO2. The Balaban J connectivity index is 3.41. The molecule has 1 N–H and O–H groups in total. The zero-order valence-corrected chi connectivity index (χ0v) is 7.17. The minimum Gasteiger partial charge on any atom is -0.478 e. The van der Waals surface area contributed by atoms with Crippen molar-refractivity contribution in [2.75, 3.05) is 0 Å². The van der Waals surface area contributed by atoms with Gasteiger partial charge in [-0.15, -0.1) is 0 Å². The fraction of sp³-hybridized carbons (Fsp3) is 0.100. The van der Waals surface area contributed by atoms with Gasteiger partial charge in [0.05, 0.1) is 5.56 Å². The zero-order chi connectivity index (χ0) is 10.0. The molecule has 0 unspecified atom stereocenters. The summed E-state index contributed by atoms with van der Waals surface area (Å²) in [7, 11) is 0. The van der Waals surface area contributed by atoms with Crippen molar-refractivity contribution in [2.24, 2.45) is 0 Å². The number of rotatable bonds is 2. The molecule has 0 fully saturated rings. The molecular weight excluding hydrogens is 171 g/mol. The highest BCUT2D eigenvalue weighted by molar-refractivity contribution is 5.92. The van der Waals surface area contributed by atoms with E-state index in [2.05, 4.69) is 6.58 Å². The molecule has 68 valence electrons. The van der Waals surface area contributed by atoms with Crippen LogP contribution in [0, 0.1) is 12.7 Å². The molecule has 13 heavy (non-hydrogen) atoms. The van der Waals surface area contributed by atoms with Gasteiger partial charge in [0.1, 0.15) is 5.82 Å². The van der Waals surface area contributed by atoms with E-state index in [0.717, 1.165) is 6.07 Å². The molecule has 0 aliphatic rings. The molecule has 0 heterocycles. The third-order valence-corrected chi connectivity index (χ3v) is 1.78. The third kappa shape index (κ3) is 1.75. The number of halogens is 1. The minimum absolute atomic E-state index is 0.0573. The molecule has 3 heteroatoms. The molecule has 0 saturated carbocycles. The van der Waals surface area contributed by atoms with Crippen molar-refractivity contribution in [1.82, 2.24) is 0 Å². The SMILES string of the molecule is C=Cc1cc(C)c(F)cc1C(=O)O. The van der Waals surface area contributed by atoms with Crippen molar-refractivity contribution in [3.8, 4) is 0 Å². The Morgan fingerprint density at radius 2 is 2.23 bits per heavy atom. The number of aryl methyl sites for hydroxylation is 1. The summed E-state index contributed by atoms with van der Waals surface area (Å²) in [6.45, 7) is 5.04. The van der Waals surface area contributed by atoms with Gasteiger partial charge < -0.3 is 5.11 Å². The van der Waals surface area contributed by atoms with Gasteiger partial charge in [0.15, 0.2) is 0 Å². The summed E-state index contributed by atoms with van der Waals surface area (Å²) >= 11 is 0. The fourth-order valence-electron chi connectivity index (χ4n) is 1.06. The van der Waals surface area contributed by atoms with E-state index < -0.39 is 11.8 Å². The van der Waals surface area contributed by atoms with Gasteiger partial charge >= 0.3 is 5.97 Å². The zero-order valence-electron chi connectivity index (χ0n) is 7.17. The molecule has 0 spiro atoms. The molecule has 0 aliphatic carbocycles. The van der Waals surface area contributed by atoms with E-state index >= 15 is 0 Å². The van der Waals surface area contributed by atoms with Crippen LogP contribution < -0.4 is 0 Å². The van der Waals surface area contributed by atoms with Crippen LogP contribution in [0.25, 0.3) is 6.08 Å². The molecule has 1 aromatic carbocycles. The van der Waals surface area contributed by atoms with Crippen LogP contribution in [-0.4, -0.2) is 11.1 Å². The Kier molecular flexibility index (Phi) is 2.46. The first-order valence-corrected chi connectivity index (χ1v) is 3.72. The van der Waals surface area contributed by atoms with Crippen molar-refractivity contribution < 1.29 is 14.3 Å². The Hall–Kier alpha value is -1.64. The first-order valence-electron chi connectivity index (χ1n) is 3.72. The molecule has 0 amide bonds. The summed E-state index contributed by atoms with van der Waals surface area (Å²) in [5, 5.41) is 8.70. The van der Waals surface area contributed by atoms with Gasteiger partial charge in [0.2, 0.25) is 0 Å². The number of hydrogen-bond donors (Lipinski definition) is 1. The van der Waals surface area contributed by atoms with Gasteiger partial charge in [-0.3, -0.25) is 0 Å². The number of carboxylic acid groups (broad SMARTS) is 1. The number of hydrogen-bond acceptors (Lipinski definition) is 1. The second kappa shape index (κ2) is 3.39. The molecule has 0 aliphatic heterocycles. The first-order chi connectivity index (χ1) is 6.06.